The summed E-state index contributed by atoms with van der Waals surface area (Å²) in [4.78, 5) is 16.7. The van der Waals surface area contributed by atoms with E-state index in [9.17, 15) is 0 Å². The van der Waals surface area contributed by atoms with E-state index in [1.165, 1.54) is 5.57 Å². The monoisotopic (exact) mass is 412 g/mol. The van der Waals surface area contributed by atoms with Gasteiger partial charge in [-0.1, -0.05) is 40.7 Å². The molecule has 0 saturated heterocycles. The third-order valence-electron chi connectivity index (χ3n) is 5.14. The lowest BCUT2D eigenvalue weighted by molar-refractivity contribution is 0.178. The summed E-state index contributed by atoms with van der Waals surface area (Å²) in [6, 6.07) is 4.08. The molecule has 3 rings (SSSR count). The Labute approximate surface area is 181 Å². The highest BCUT2D eigenvalue weighted by Crippen LogP contribution is 2.37. The van der Waals surface area contributed by atoms with Gasteiger partial charge in [-0.3, -0.25) is 0 Å². The van der Waals surface area contributed by atoms with Gasteiger partial charge in [-0.25, -0.2) is 15.0 Å². The van der Waals surface area contributed by atoms with Crippen LogP contribution in [0.2, 0.25) is 0 Å². The number of anilines is 1. The number of fused-ring (bicyclic) bond motifs is 1. The molecule has 0 spiro atoms. The maximum absolute atomic E-state index is 5.59. The van der Waals surface area contributed by atoms with E-state index in [2.05, 4.69) is 36.7 Å². The maximum Gasteiger partial charge on any atom is 0.222 e. The second kappa shape index (κ2) is 10.5. The van der Waals surface area contributed by atoms with Crippen molar-refractivity contribution in [2.75, 3.05) is 39.3 Å². The average Bonchev–Trinajstić information content (AvgIpc) is 2.74. The Morgan fingerprint density at radius 3 is 2.33 bits per heavy atom. The van der Waals surface area contributed by atoms with Crippen molar-refractivity contribution in [2.45, 2.75) is 47.5 Å². The molecular formula is C24H36N4O2. The molecule has 0 aromatic carbocycles. The van der Waals surface area contributed by atoms with E-state index in [4.69, 9.17) is 19.4 Å². The van der Waals surface area contributed by atoms with Crippen molar-refractivity contribution in [3.05, 3.63) is 35.3 Å². The van der Waals surface area contributed by atoms with Gasteiger partial charge < -0.3 is 14.4 Å². The van der Waals surface area contributed by atoms with Gasteiger partial charge >= 0.3 is 0 Å². The second-order valence-corrected chi connectivity index (χ2v) is 7.67. The van der Waals surface area contributed by atoms with Crippen LogP contribution >= 0.6 is 0 Å². The predicted octanol–water partition coefficient (Wildman–Crippen LogP) is 5.12. The van der Waals surface area contributed by atoms with Crippen molar-refractivity contribution in [1.29, 1.82) is 0 Å². The first-order valence-corrected chi connectivity index (χ1v) is 10.7. The Kier molecular flexibility index (Phi) is 8.35. The summed E-state index contributed by atoms with van der Waals surface area (Å²) in [5, 5.41) is 0. The van der Waals surface area contributed by atoms with Crippen LogP contribution in [0.4, 0.5) is 5.82 Å². The molecule has 0 N–H and O–H groups in total. The van der Waals surface area contributed by atoms with Gasteiger partial charge in [-0.05, 0) is 30.5 Å². The van der Waals surface area contributed by atoms with E-state index in [0.717, 1.165) is 40.7 Å². The van der Waals surface area contributed by atoms with Crippen LogP contribution in [0.15, 0.2) is 18.2 Å². The number of pyridine rings is 1. The second-order valence-electron chi connectivity index (χ2n) is 7.67. The molecular weight excluding hydrogens is 376 g/mol. The third-order valence-corrected chi connectivity index (χ3v) is 5.14. The number of rotatable bonds is 6. The molecule has 2 aromatic heterocycles. The van der Waals surface area contributed by atoms with Crippen molar-refractivity contribution in [3.8, 4) is 17.1 Å². The van der Waals surface area contributed by atoms with E-state index >= 15 is 0 Å². The number of ether oxygens (including phenoxy) is 2. The van der Waals surface area contributed by atoms with Crippen LogP contribution in [-0.2, 0) is 4.74 Å². The van der Waals surface area contributed by atoms with E-state index in [-0.39, 0.29) is 5.92 Å². The summed E-state index contributed by atoms with van der Waals surface area (Å²) in [5.74, 6) is 2.07. The SMILES string of the molecule is CC.COCC(C)C1=CCN(C)c2nc(-c3ccc(C(C)C)nc3OC)c(C)nc21. The normalized spacial score (nSPS) is 13.9. The molecule has 1 atom stereocenters. The predicted molar refractivity (Wildman–Crippen MR) is 124 cm³/mol. The number of hydrogen-bond acceptors (Lipinski definition) is 6. The van der Waals surface area contributed by atoms with E-state index in [0.29, 0.717) is 18.4 Å². The number of aromatic nitrogens is 3. The number of nitrogens with zero attached hydrogens (tertiary/aromatic N) is 4. The first-order chi connectivity index (χ1) is 14.4. The molecule has 0 amide bonds. The molecule has 1 aliphatic rings. The van der Waals surface area contributed by atoms with Crippen molar-refractivity contribution >= 4 is 11.4 Å². The van der Waals surface area contributed by atoms with Crippen LogP contribution in [-0.4, -0.2) is 49.4 Å². The van der Waals surface area contributed by atoms with Gasteiger partial charge in [0.05, 0.1) is 30.7 Å². The minimum Gasteiger partial charge on any atom is -0.480 e. The van der Waals surface area contributed by atoms with E-state index in [1.54, 1.807) is 14.2 Å². The first kappa shape index (κ1) is 23.8. The molecule has 0 radical (unpaired) electrons. The van der Waals surface area contributed by atoms with Gasteiger partial charge in [0.15, 0.2) is 5.82 Å². The Morgan fingerprint density at radius 1 is 1.03 bits per heavy atom. The fourth-order valence-corrected chi connectivity index (χ4v) is 3.53. The van der Waals surface area contributed by atoms with E-state index in [1.807, 2.05) is 40.0 Å². The summed E-state index contributed by atoms with van der Waals surface area (Å²) in [6.07, 6.45) is 2.22. The zero-order chi connectivity index (χ0) is 22.4. The topological polar surface area (TPSA) is 60.4 Å². The first-order valence-electron chi connectivity index (χ1n) is 10.7. The van der Waals surface area contributed by atoms with Crippen LogP contribution in [0.1, 0.15) is 57.6 Å². The van der Waals surface area contributed by atoms with Crippen molar-refractivity contribution in [1.82, 2.24) is 15.0 Å². The highest BCUT2D eigenvalue weighted by Gasteiger charge is 2.26. The molecule has 0 bridgehead atoms. The lowest BCUT2D eigenvalue weighted by Gasteiger charge is -2.29. The number of hydrogen-bond donors (Lipinski definition) is 0. The van der Waals surface area contributed by atoms with Crippen molar-refractivity contribution in [3.63, 3.8) is 0 Å². The largest absolute Gasteiger partial charge is 0.480 e. The average molecular weight is 413 g/mol. The maximum atomic E-state index is 5.59. The molecule has 0 aliphatic carbocycles. The molecule has 2 aromatic rings. The van der Waals surface area contributed by atoms with Gasteiger partial charge in [0.1, 0.15) is 5.69 Å². The lowest BCUT2D eigenvalue weighted by Crippen LogP contribution is -2.26. The molecule has 3 heterocycles. The van der Waals surface area contributed by atoms with Crippen LogP contribution in [0, 0.1) is 12.8 Å². The molecule has 0 saturated carbocycles. The van der Waals surface area contributed by atoms with Crippen molar-refractivity contribution in [2.24, 2.45) is 5.92 Å². The standard InChI is InChI=1S/C22H30N4O2.C2H6/c1-13(2)18-9-8-17(22(24-18)28-7)19-15(4)23-20-16(14(3)12-27-6)10-11-26(5)21(20)25-19;1-2/h8-10,13-14H,11-12H2,1-7H3;1-2H3. The van der Waals surface area contributed by atoms with Crippen LogP contribution in [0.25, 0.3) is 16.8 Å². The smallest absolute Gasteiger partial charge is 0.222 e. The number of aryl methyl sites for hydroxylation is 1. The Balaban J connectivity index is 0.00000155. The molecule has 0 fully saturated rings. The minimum absolute atomic E-state index is 0.263. The zero-order valence-electron chi connectivity index (χ0n) is 19.9. The number of likely N-dealkylation sites (N-methyl/N-ethyl adjacent to an activating group) is 1. The summed E-state index contributed by atoms with van der Waals surface area (Å²) in [6.45, 7) is 13.9. The molecule has 30 heavy (non-hydrogen) atoms. The van der Waals surface area contributed by atoms with Gasteiger partial charge in [0, 0.05) is 32.3 Å². The van der Waals surface area contributed by atoms with Crippen LogP contribution < -0.4 is 9.64 Å². The fourth-order valence-electron chi connectivity index (χ4n) is 3.53. The molecule has 1 aliphatic heterocycles. The molecule has 6 nitrogen and oxygen atoms in total. The summed E-state index contributed by atoms with van der Waals surface area (Å²) in [5.41, 5.74) is 5.67. The Hall–Kier alpha value is -2.47. The van der Waals surface area contributed by atoms with Gasteiger partial charge in [0.25, 0.3) is 0 Å². The van der Waals surface area contributed by atoms with E-state index < -0.39 is 0 Å². The summed E-state index contributed by atoms with van der Waals surface area (Å²) >= 11 is 0. The Bertz CT molecular complexity index is 893. The summed E-state index contributed by atoms with van der Waals surface area (Å²) < 4.78 is 10.9. The van der Waals surface area contributed by atoms with Gasteiger partial charge in [-0.2, -0.15) is 0 Å². The van der Waals surface area contributed by atoms with Gasteiger partial charge in [-0.15, -0.1) is 0 Å². The third kappa shape index (κ3) is 4.81. The van der Waals surface area contributed by atoms with Gasteiger partial charge in [0.2, 0.25) is 5.88 Å². The van der Waals surface area contributed by atoms with Crippen LogP contribution in [0.3, 0.4) is 0 Å². The highest BCUT2D eigenvalue weighted by atomic mass is 16.5. The number of methoxy groups -OCH3 is 2. The highest BCUT2D eigenvalue weighted by molar-refractivity contribution is 5.79. The molecule has 6 heteroatoms. The fraction of sp³-hybridized carbons (Fsp3) is 0.542. The molecule has 164 valence electrons. The van der Waals surface area contributed by atoms with Crippen LogP contribution in [0.5, 0.6) is 5.88 Å². The lowest BCUT2D eigenvalue weighted by atomic mass is 9.95. The Morgan fingerprint density at radius 2 is 1.73 bits per heavy atom. The quantitative estimate of drug-likeness (QED) is 0.656. The zero-order valence-corrected chi connectivity index (χ0v) is 19.9. The molecule has 1 unspecified atom stereocenters. The van der Waals surface area contributed by atoms with Crippen molar-refractivity contribution < 1.29 is 9.47 Å². The minimum atomic E-state index is 0.263. The summed E-state index contributed by atoms with van der Waals surface area (Å²) in [7, 11) is 5.42.